The molecule has 4 heteroatoms. The van der Waals surface area contributed by atoms with E-state index in [-0.39, 0.29) is 17.6 Å². The SMILES string of the molecule is C[C@H](N)C(=O)C[C@H](/C=C/C(=O)NCc1ccccc1)CCc1ccccc1. The van der Waals surface area contributed by atoms with E-state index in [4.69, 9.17) is 5.73 Å². The molecule has 2 rings (SSSR count). The van der Waals surface area contributed by atoms with Crippen LogP contribution in [0, 0.1) is 5.92 Å². The maximum absolute atomic E-state index is 12.1. The highest BCUT2D eigenvalue weighted by Crippen LogP contribution is 2.16. The first kappa shape index (κ1) is 20.6. The highest BCUT2D eigenvalue weighted by molar-refractivity contribution is 5.88. The number of allylic oxidation sites excluding steroid dienone is 1. The van der Waals surface area contributed by atoms with E-state index in [9.17, 15) is 9.59 Å². The van der Waals surface area contributed by atoms with E-state index in [0.29, 0.717) is 13.0 Å². The lowest BCUT2D eigenvalue weighted by molar-refractivity contribution is -0.120. The largest absolute Gasteiger partial charge is 0.348 e. The Labute approximate surface area is 161 Å². The molecule has 142 valence electrons. The Kier molecular flexibility index (Phi) is 8.46. The standard InChI is InChI=1S/C23H28N2O2/c1-18(24)22(26)16-20(13-12-19-8-4-2-5-9-19)14-15-23(27)25-17-21-10-6-3-7-11-21/h2-11,14-15,18,20H,12-13,16-17,24H2,1H3,(H,25,27)/b15-14+/t18-,20-/m0/s1. The predicted octanol–water partition coefficient (Wildman–Crippen LogP) is 3.41. The molecule has 0 aliphatic heterocycles. The van der Waals surface area contributed by atoms with E-state index in [1.165, 1.54) is 11.6 Å². The van der Waals surface area contributed by atoms with Gasteiger partial charge in [0.2, 0.25) is 5.91 Å². The fourth-order valence-electron chi connectivity index (χ4n) is 2.77. The molecule has 3 N–H and O–H groups in total. The molecular weight excluding hydrogens is 336 g/mol. The molecule has 2 aromatic carbocycles. The van der Waals surface area contributed by atoms with Gasteiger partial charge in [-0.2, -0.15) is 0 Å². The molecule has 2 aromatic rings. The zero-order valence-corrected chi connectivity index (χ0v) is 15.8. The molecule has 0 bridgehead atoms. The van der Waals surface area contributed by atoms with Gasteiger partial charge in [-0.3, -0.25) is 9.59 Å². The molecule has 2 atom stereocenters. The molecule has 4 nitrogen and oxygen atoms in total. The van der Waals surface area contributed by atoms with Crippen molar-refractivity contribution in [2.24, 2.45) is 11.7 Å². The number of amides is 1. The molecule has 0 spiro atoms. The fourth-order valence-corrected chi connectivity index (χ4v) is 2.77. The smallest absolute Gasteiger partial charge is 0.243 e. The third-order valence-corrected chi connectivity index (χ3v) is 4.45. The number of hydrogen-bond acceptors (Lipinski definition) is 3. The minimum absolute atomic E-state index is 0.00817. The number of Topliss-reactive ketones (excluding diaryl/α,β-unsaturated/α-hetero) is 1. The molecule has 0 saturated carbocycles. The van der Waals surface area contributed by atoms with Crippen LogP contribution in [-0.2, 0) is 22.6 Å². The number of ketones is 1. The van der Waals surface area contributed by atoms with Gasteiger partial charge in [0.1, 0.15) is 5.78 Å². The van der Waals surface area contributed by atoms with Crippen LogP contribution in [0.2, 0.25) is 0 Å². The summed E-state index contributed by atoms with van der Waals surface area (Å²) in [5.74, 6) is -0.148. The highest BCUT2D eigenvalue weighted by Gasteiger charge is 2.15. The Morgan fingerprint density at radius 3 is 2.19 bits per heavy atom. The topological polar surface area (TPSA) is 72.2 Å². The van der Waals surface area contributed by atoms with Crippen LogP contribution in [0.25, 0.3) is 0 Å². The van der Waals surface area contributed by atoms with Crippen LogP contribution in [0.5, 0.6) is 0 Å². The quantitative estimate of drug-likeness (QED) is 0.635. The van der Waals surface area contributed by atoms with Crippen LogP contribution < -0.4 is 11.1 Å². The van der Waals surface area contributed by atoms with Gasteiger partial charge >= 0.3 is 0 Å². The summed E-state index contributed by atoms with van der Waals surface area (Å²) in [5, 5.41) is 2.87. The van der Waals surface area contributed by atoms with Crippen molar-refractivity contribution in [1.29, 1.82) is 0 Å². The van der Waals surface area contributed by atoms with Gasteiger partial charge in [0.15, 0.2) is 0 Å². The normalized spacial score (nSPS) is 13.3. The first-order valence-electron chi connectivity index (χ1n) is 9.37. The molecule has 0 heterocycles. The Morgan fingerprint density at radius 1 is 1.00 bits per heavy atom. The highest BCUT2D eigenvalue weighted by atomic mass is 16.1. The van der Waals surface area contributed by atoms with Gasteiger partial charge < -0.3 is 11.1 Å². The van der Waals surface area contributed by atoms with Crippen LogP contribution in [0.3, 0.4) is 0 Å². The second kappa shape index (κ2) is 11.1. The summed E-state index contributed by atoms with van der Waals surface area (Å²) >= 11 is 0. The van der Waals surface area contributed by atoms with Gasteiger partial charge in [0.05, 0.1) is 6.04 Å². The molecule has 0 radical (unpaired) electrons. The summed E-state index contributed by atoms with van der Waals surface area (Å²) in [6.07, 6.45) is 5.38. The van der Waals surface area contributed by atoms with Crippen LogP contribution >= 0.6 is 0 Å². The van der Waals surface area contributed by atoms with E-state index in [2.05, 4.69) is 17.4 Å². The molecule has 0 aromatic heterocycles. The number of aryl methyl sites for hydroxylation is 1. The van der Waals surface area contributed by atoms with Crippen molar-refractivity contribution < 1.29 is 9.59 Å². The van der Waals surface area contributed by atoms with Crippen molar-refractivity contribution in [2.75, 3.05) is 0 Å². The van der Waals surface area contributed by atoms with E-state index in [0.717, 1.165) is 18.4 Å². The lowest BCUT2D eigenvalue weighted by Gasteiger charge is -2.14. The molecule has 0 unspecified atom stereocenters. The molecule has 0 saturated heterocycles. The summed E-state index contributed by atoms with van der Waals surface area (Å²) in [6, 6.07) is 19.4. The van der Waals surface area contributed by atoms with Crippen molar-refractivity contribution in [2.45, 2.75) is 38.8 Å². The molecule has 1 amide bonds. The second-order valence-corrected chi connectivity index (χ2v) is 6.81. The van der Waals surface area contributed by atoms with Gasteiger partial charge in [0.25, 0.3) is 0 Å². The average Bonchev–Trinajstić information content (AvgIpc) is 2.69. The Hall–Kier alpha value is -2.72. The number of carbonyl (C=O) groups is 2. The number of rotatable bonds is 10. The van der Waals surface area contributed by atoms with E-state index in [1.807, 2.05) is 54.6 Å². The third kappa shape index (κ3) is 8.01. The van der Waals surface area contributed by atoms with Crippen LogP contribution in [0.15, 0.2) is 72.8 Å². The average molecular weight is 364 g/mol. The third-order valence-electron chi connectivity index (χ3n) is 4.45. The number of benzene rings is 2. The Balaban J connectivity index is 1.91. The zero-order chi connectivity index (χ0) is 19.5. The van der Waals surface area contributed by atoms with Gasteiger partial charge in [-0.25, -0.2) is 0 Å². The van der Waals surface area contributed by atoms with Crippen LogP contribution in [0.1, 0.15) is 30.9 Å². The molecule has 0 fully saturated rings. The minimum Gasteiger partial charge on any atom is -0.348 e. The fraction of sp³-hybridized carbons (Fsp3) is 0.304. The van der Waals surface area contributed by atoms with Gasteiger partial charge in [-0.1, -0.05) is 66.7 Å². The Bertz CT molecular complexity index is 739. The minimum atomic E-state index is -0.482. The van der Waals surface area contributed by atoms with Gasteiger partial charge in [-0.05, 0) is 42.9 Å². The molecule has 0 aliphatic rings. The van der Waals surface area contributed by atoms with Crippen molar-refractivity contribution >= 4 is 11.7 Å². The molecule has 27 heavy (non-hydrogen) atoms. The summed E-state index contributed by atoms with van der Waals surface area (Å²) in [5.41, 5.74) is 7.97. The Morgan fingerprint density at radius 2 is 1.59 bits per heavy atom. The van der Waals surface area contributed by atoms with Crippen molar-refractivity contribution in [3.05, 3.63) is 83.9 Å². The van der Waals surface area contributed by atoms with Crippen molar-refractivity contribution in [1.82, 2.24) is 5.32 Å². The lowest BCUT2D eigenvalue weighted by Crippen LogP contribution is -2.28. The zero-order valence-electron chi connectivity index (χ0n) is 15.8. The van der Waals surface area contributed by atoms with Crippen LogP contribution in [-0.4, -0.2) is 17.7 Å². The molecular formula is C23H28N2O2. The maximum atomic E-state index is 12.1. The van der Waals surface area contributed by atoms with E-state index < -0.39 is 6.04 Å². The number of nitrogens with two attached hydrogens (primary N) is 1. The first-order chi connectivity index (χ1) is 13.0. The van der Waals surface area contributed by atoms with Gasteiger partial charge in [-0.15, -0.1) is 0 Å². The predicted molar refractivity (Wildman–Crippen MR) is 109 cm³/mol. The van der Waals surface area contributed by atoms with Crippen molar-refractivity contribution in [3.63, 3.8) is 0 Å². The monoisotopic (exact) mass is 364 g/mol. The maximum Gasteiger partial charge on any atom is 0.243 e. The van der Waals surface area contributed by atoms with E-state index in [1.54, 1.807) is 6.92 Å². The van der Waals surface area contributed by atoms with Crippen LogP contribution in [0.4, 0.5) is 0 Å². The summed E-state index contributed by atoms with van der Waals surface area (Å²) in [7, 11) is 0. The second-order valence-electron chi connectivity index (χ2n) is 6.81. The summed E-state index contributed by atoms with van der Waals surface area (Å²) in [4.78, 5) is 24.2. The van der Waals surface area contributed by atoms with E-state index >= 15 is 0 Å². The van der Waals surface area contributed by atoms with Gasteiger partial charge in [0, 0.05) is 13.0 Å². The van der Waals surface area contributed by atoms with Crippen molar-refractivity contribution in [3.8, 4) is 0 Å². The summed E-state index contributed by atoms with van der Waals surface area (Å²) < 4.78 is 0. The summed E-state index contributed by atoms with van der Waals surface area (Å²) in [6.45, 7) is 2.18. The number of carbonyl (C=O) groups excluding carboxylic acids is 2. The first-order valence-corrected chi connectivity index (χ1v) is 9.37. The number of hydrogen-bond donors (Lipinski definition) is 2. The number of nitrogens with one attached hydrogen (secondary N) is 1. The molecule has 0 aliphatic carbocycles. The lowest BCUT2D eigenvalue weighted by atomic mass is 9.92.